The van der Waals surface area contributed by atoms with Crippen molar-refractivity contribution in [1.29, 1.82) is 0 Å². The summed E-state index contributed by atoms with van der Waals surface area (Å²) in [7, 11) is 1.40. The van der Waals surface area contributed by atoms with Crippen LogP contribution in [0.1, 0.15) is 22.6 Å². The van der Waals surface area contributed by atoms with Gasteiger partial charge in [-0.05, 0) is 29.8 Å². The van der Waals surface area contributed by atoms with Crippen molar-refractivity contribution >= 4 is 5.97 Å². The molecular formula is C22H17FO4. The van der Waals surface area contributed by atoms with Crippen LogP contribution in [0.15, 0.2) is 66.7 Å². The van der Waals surface area contributed by atoms with Gasteiger partial charge in [-0.15, -0.1) is 0 Å². The molecular weight excluding hydrogens is 347 g/mol. The molecule has 0 atom stereocenters. The minimum atomic E-state index is -0.589. The van der Waals surface area contributed by atoms with E-state index in [1.165, 1.54) is 19.2 Å². The number of carbonyl (C=O) groups is 1. The average Bonchev–Trinajstić information content (AvgIpc) is 2.70. The lowest BCUT2D eigenvalue weighted by Gasteiger charge is -2.26. The zero-order chi connectivity index (χ0) is 18.8. The molecule has 0 N–H and O–H groups in total. The Labute approximate surface area is 156 Å². The Bertz CT molecular complexity index is 954. The Balaban J connectivity index is 1.59. The lowest BCUT2D eigenvalue weighted by atomic mass is 9.88. The molecule has 0 saturated carbocycles. The predicted octanol–water partition coefficient (Wildman–Crippen LogP) is 4.82. The SMILES string of the molecule is COc1ccc(COC(=O)C2c3ccccc3Oc3ccccc32)cc1F. The van der Waals surface area contributed by atoms with Crippen LogP contribution in [-0.2, 0) is 16.1 Å². The molecule has 5 heteroatoms. The van der Waals surface area contributed by atoms with Crippen molar-refractivity contribution in [2.75, 3.05) is 7.11 Å². The molecule has 0 radical (unpaired) electrons. The second-order valence-electron chi connectivity index (χ2n) is 6.19. The number of fused-ring (bicyclic) bond motifs is 2. The van der Waals surface area contributed by atoms with Crippen LogP contribution in [0.25, 0.3) is 0 Å². The van der Waals surface area contributed by atoms with Crippen molar-refractivity contribution in [1.82, 2.24) is 0 Å². The quantitative estimate of drug-likeness (QED) is 0.623. The van der Waals surface area contributed by atoms with Crippen molar-refractivity contribution in [3.8, 4) is 17.2 Å². The molecule has 4 rings (SSSR count). The fourth-order valence-corrected chi connectivity index (χ4v) is 3.20. The third-order valence-corrected chi connectivity index (χ3v) is 4.51. The zero-order valence-electron chi connectivity index (χ0n) is 14.6. The minimum absolute atomic E-state index is 0.0264. The van der Waals surface area contributed by atoms with Gasteiger partial charge < -0.3 is 14.2 Å². The number of methoxy groups -OCH3 is 1. The van der Waals surface area contributed by atoms with Crippen LogP contribution >= 0.6 is 0 Å². The number of carbonyl (C=O) groups excluding carboxylic acids is 1. The summed E-state index contributed by atoms with van der Waals surface area (Å²) >= 11 is 0. The predicted molar refractivity (Wildman–Crippen MR) is 97.5 cm³/mol. The Kier molecular flexibility index (Phi) is 4.50. The average molecular weight is 364 g/mol. The molecule has 0 spiro atoms. The first-order valence-electron chi connectivity index (χ1n) is 8.52. The highest BCUT2D eigenvalue weighted by molar-refractivity contribution is 5.85. The zero-order valence-corrected chi connectivity index (χ0v) is 14.6. The van der Waals surface area contributed by atoms with Crippen molar-refractivity contribution < 1.29 is 23.4 Å². The normalized spacial score (nSPS) is 12.5. The molecule has 136 valence electrons. The number of ether oxygens (including phenoxy) is 3. The number of para-hydroxylation sites is 2. The molecule has 1 aliphatic heterocycles. The Hall–Kier alpha value is -3.34. The third kappa shape index (κ3) is 3.24. The Morgan fingerprint density at radius 2 is 1.63 bits per heavy atom. The maximum absolute atomic E-state index is 13.8. The Morgan fingerprint density at radius 3 is 2.22 bits per heavy atom. The molecule has 1 aliphatic rings. The second kappa shape index (κ2) is 7.11. The van der Waals surface area contributed by atoms with Crippen LogP contribution < -0.4 is 9.47 Å². The summed E-state index contributed by atoms with van der Waals surface area (Å²) in [6.45, 7) is -0.0264. The van der Waals surface area contributed by atoms with Gasteiger partial charge in [0.2, 0.25) is 0 Å². The van der Waals surface area contributed by atoms with Gasteiger partial charge in [-0.1, -0.05) is 42.5 Å². The standard InChI is InChI=1S/C22H17FO4/c1-25-20-11-10-14(12-17(20)23)13-26-22(24)21-15-6-2-4-8-18(15)27-19-9-5-3-7-16(19)21/h2-12,21H,13H2,1H3. The second-order valence-corrected chi connectivity index (χ2v) is 6.19. The Morgan fingerprint density at radius 1 is 1.00 bits per heavy atom. The number of hydrogen-bond donors (Lipinski definition) is 0. The largest absolute Gasteiger partial charge is 0.494 e. The van der Waals surface area contributed by atoms with E-state index in [4.69, 9.17) is 14.2 Å². The van der Waals surface area contributed by atoms with Crippen LogP contribution in [0.5, 0.6) is 17.2 Å². The summed E-state index contributed by atoms with van der Waals surface area (Å²) in [5, 5.41) is 0. The molecule has 0 aromatic heterocycles. The number of rotatable bonds is 4. The molecule has 0 fully saturated rings. The van der Waals surface area contributed by atoms with Gasteiger partial charge in [-0.3, -0.25) is 4.79 Å². The highest BCUT2D eigenvalue weighted by Crippen LogP contribution is 2.44. The maximum Gasteiger partial charge on any atom is 0.318 e. The highest BCUT2D eigenvalue weighted by Gasteiger charge is 2.33. The van der Waals surface area contributed by atoms with Gasteiger partial charge in [-0.2, -0.15) is 0 Å². The van der Waals surface area contributed by atoms with Crippen molar-refractivity contribution in [3.63, 3.8) is 0 Å². The van der Waals surface area contributed by atoms with Gasteiger partial charge in [0.15, 0.2) is 11.6 Å². The molecule has 3 aromatic carbocycles. The van der Waals surface area contributed by atoms with E-state index in [1.54, 1.807) is 6.07 Å². The first kappa shape index (κ1) is 17.1. The van der Waals surface area contributed by atoms with Gasteiger partial charge in [0.1, 0.15) is 24.0 Å². The topological polar surface area (TPSA) is 44.8 Å². The minimum Gasteiger partial charge on any atom is -0.494 e. The molecule has 4 nitrogen and oxygen atoms in total. The van der Waals surface area contributed by atoms with Crippen LogP contribution in [0.3, 0.4) is 0 Å². The smallest absolute Gasteiger partial charge is 0.318 e. The molecule has 0 aliphatic carbocycles. The first-order chi connectivity index (χ1) is 13.2. The van der Waals surface area contributed by atoms with E-state index in [2.05, 4.69) is 0 Å². The van der Waals surface area contributed by atoms with E-state index in [9.17, 15) is 9.18 Å². The summed E-state index contributed by atoms with van der Waals surface area (Å²) in [6, 6.07) is 19.3. The highest BCUT2D eigenvalue weighted by atomic mass is 19.1. The monoisotopic (exact) mass is 364 g/mol. The molecule has 3 aromatic rings. The van der Waals surface area contributed by atoms with E-state index in [0.29, 0.717) is 17.1 Å². The molecule has 0 amide bonds. The molecule has 0 unspecified atom stereocenters. The molecule has 1 heterocycles. The number of benzene rings is 3. The summed E-state index contributed by atoms with van der Waals surface area (Å²) in [5.41, 5.74) is 2.06. The van der Waals surface area contributed by atoms with E-state index in [0.717, 1.165) is 11.1 Å². The van der Waals surface area contributed by atoms with Gasteiger partial charge in [-0.25, -0.2) is 4.39 Å². The molecule has 0 bridgehead atoms. The van der Waals surface area contributed by atoms with E-state index in [1.807, 2.05) is 48.5 Å². The van der Waals surface area contributed by atoms with Crippen molar-refractivity contribution in [3.05, 3.63) is 89.2 Å². The summed E-state index contributed by atoms with van der Waals surface area (Å²) in [6.07, 6.45) is 0. The van der Waals surface area contributed by atoms with Crippen LogP contribution in [0, 0.1) is 5.82 Å². The van der Waals surface area contributed by atoms with Gasteiger partial charge in [0.25, 0.3) is 0 Å². The fourth-order valence-electron chi connectivity index (χ4n) is 3.20. The van der Waals surface area contributed by atoms with Crippen molar-refractivity contribution in [2.24, 2.45) is 0 Å². The van der Waals surface area contributed by atoms with Crippen LogP contribution in [0.2, 0.25) is 0 Å². The summed E-state index contributed by atoms with van der Waals surface area (Å²) in [4.78, 5) is 12.9. The number of hydrogen-bond acceptors (Lipinski definition) is 4. The van der Waals surface area contributed by atoms with Gasteiger partial charge in [0, 0.05) is 11.1 Å². The molecule has 27 heavy (non-hydrogen) atoms. The van der Waals surface area contributed by atoms with Crippen LogP contribution in [-0.4, -0.2) is 13.1 Å². The fraction of sp³-hybridized carbons (Fsp3) is 0.136. The first-order valence-corrected chi connectivity index (χ1v) is 8.52. The van der Waals surface area contributed by atoms with Gasteiger partial charge >= 0.3 is 5.97 Å². The summed E-state index contributed by atoms with van der Waals surface area (Å²) in [5.74, 6) is -0.0730. The third-order valence-electron chi connectivity index (χ3n) is 4.51. The van der Waals surface area contributed by atoms with Crippen LogP contribution in [0.4, 0.5) is 4.39 Å². The molecule has 0 saturated heterocycles. The van der Waals surface area contributed by atoms with Gasteiger partial charge in [0.05, 0.1) is 7.11 Å². The lowest BCUT2D eigenvalue weighted by molar-refractivity contribution is -0.145. The number of halogens is 1. The summed E-state index contributed by atoms with van der Waals surface area (Å²) < 4.78 is 30.1. The van der Waals surface area contributed by atoms with E-state index >= 15 is 0 Å². The van der Waals surface area contributed by atoms with E-state index < -0.39 is 17.7 Å². The number of esters is 1. The maximum atomic E-state index is 13.8. The van der Waals surface area contributed by atoms with Crippen molar-refractivity contribution in [2.45, 2.75) is 12.5 Å². The lowest BCUT2D eigenvalue weighted by Crippen LogP contribution is -2.21. The van der Waals surface area contributed by atoms with E-state index in [-0.39, 0.29) is 12.4 Å².